The molecule has 0 aromatic heterocycles. The first kappa shape index (κ1) is 18.4. The maximum absolute atomic E-state index is 6.32. The van der Waals surface area contributed by atoms with Crippen LogP contribution in [0.3, 0.4) is 0 Å². The van der Waals surface area contributed by atoms with Crippen molar-refractivity contribution in [2.75, 3.05) is 33.4 Å². The Morgan fingerprint density at radius 2 is 1.80 bits per heavy atom. The summed E-state index contributed by atoms with van der Waals surface area (Å²) in [6.07, 6.45) is 2.39. The summed E-state index contributed by atoms with van der Waals surface area (Å²) in [4.78, 5) is 2.48. The Kier molecular flexibility index (Phi) is 6.88. The molecule has 2 aromatic rings. The van der Waals surface area contributed by atoms with Crippen molar-refractivity contribution in [2.24, 2.45) is 0 Å². The van der Waals surface area contributed by atoms with E-state index in [4.69, 9.17) is 21.1 Å². The maximum atomic E-state index is 6.32. The van der Waals surface area contributed by atoms with E-state index in [9.17, 15) is 0 Å². The number of nitrogens with zero attached hydrogens (tertiary/aromatic N) is 1. The number of likely N-dealkylation sites (tertiary alicyclic amines) is 1. The van der Waals surface area contributed by atoms with Crippen molar-refractivity contribution in [1.82, 2.24) is 4.90 Å². The first-order valence-corrected chi connectivity index (χ1v) is 9.30. The van der Waals surface area contributed by atoms with Crippen molar-refractivity contribution in [1.29, 1.82) is 0 Å². The molecule has 2 atom stereocenters. The Morgan fingerprint density at radius 1 is 1.08 bits per heavy atom. The fourth-order valence-corrected chi connectivity index (χ4v) is 3.63. The van der Waals surface area contributed by atoms with Gasteiger partial charge in [0, 0.05) is 24.7 Å². The molecule has 1 fully saturated rings. The average Bonchev–Trinajstić information content (AvgIpc) is 3.08. The SMILES string of the molecule is COC[C@H]1CCCN1CCOC(c1ccccc1)c1ccc(Cl)cc1. The van der Waals surface area contributed by atoms with Crippen LogP contribution in [0.25, 0.3) is 0 Å². The van der Waals surface area contributed by atoms with Crippen molar-refractivity contribution in [2.45, 2.75) is 25.0 Å². The maximum Gasteiger partial charge on any atom is 0.108 e. The molecule has 0 amide bonds. The normalized spacial score (nSPS) is 19.2. The molecular formula is C21H26ClNO2. The van der Waals surface area contributed by atoms with Crippen LogP contribution in [0.5, 0.6) is 0 Å². The molecule has 25 heavy (non-hydrogen) atoms. The van der Waals surface area contributed by atoms with Crippen molar-refractivity contribution < 1.29 is 9.47 Å². The fourth-order valence-electron chi connectivity index (χ4n) is 3.51. The summed E-state index contributed by atoms with van der Waals surface area (Å²) < 4.78 is 11.7. The number of benzene rings is 2. The lowest BCUT2D eigenvalue weighted by Crippen LogP contribution is -2.35. The Bertz CT molecular complexity index is 632. The number of methoxy groups -OCH3 is 1. The van der Waals surface area contributed by atoms with Gasteiger partial charge in [-0.15, -0.1) is 0 Å². The van der Waals surface area contributed by atoms with Crippen molar-refractivity contribution >= 4 is 11.6 Å². The summed E-state index contributed by atoms with van der Waals surface area (Å²) >= 11 is 6.04. The molecule has 0 spiro atoms. The lowest BCUT2D eigenvalue weighted by atomic mass is 10.0. The highest BCUT2D eigenvalue weighted by Crippen LogP contribution is 2.27. The third-order valence-corrected chi connectivity index (χ3v) is 5.05. The summed E-state index contributed by atoms with van der Waals surface area (Å²) in [5.74, 6) is 0. The molecule has 0 N–H and O–H groups in total. The van der Waals surface area contributed by atoms with Gasteiger partial charge in [0.15, 0.2) is 0 Å². The molecule has 134 valence electrons. The van der Waals surface area contributed by atoms with Crippen molar-refractivity contribution in [3.8, 4) is 0 Å². The van der Waals surface area contributed by atoms with E-state index in [1.807, 2.05) is 30.3 Å². The van der Waals surface area contributed by atoms with Crippen LogP contribution >= 0.6 is 11.6 Å². The summed E-state index contributed by atoms with van der Waals surface area (Å²) in [7, 11) is 1.78. The zero-order valence-electron chi connectivity index (χ0n) is 14.7. The lowest BCUT2D eigenvalue weighted by Gasteiger charge is -2.25. The first-order valence-electron chi connectivity index (χ1n) is 8.93. The predicted molar refractivity (Wildman–Crippen MR) is 102 cm³/mol. The molecule has 1 unspecified atom stereocenters. The van der Waals surface area contributed by atoms with Crippen LogP contribution in [0.4, 0.5) is 0 Å². The van der Waals surface area contributed by atoms with Crippen LogP contribution in [0.15, 0.2) is 54.6 Å². The van der Waals surface area contributed by atoms with E-state index in [1.165, 1.54) is 18.4 Å². The van der Waals surface area contributed by atoms with Crippen LogP contribution in [-0.4, -0.2) is 44.4 Å². The molecule has 0 radical (unpaired) electrons. The van der Waals surface area contributed by atoms with E-state index in [-0.39, 0.29) is 6.10 Å². The third kappa shape index (κ3) is 5.05. The minimum atomic E-state index is -0.0676. The second-order valence-corrected chi connectivity index (χ2v) is 6.94. The van der Waals surface area contributed by atoms with E-state index >= 15 is 0 Å². The molecule has 1 aliphatic rings. The Labute approximate surface area is 155 Å². The molecule has 1 saturated heterocycles. The highest BCUT2D eigenvalue weighted by atomic mass is 35.5. The van der Waals surface area contributed by atoms with Crippen LogP contribution < -0.4 is 0 Å². The predicted octanol–water partition coefficient (Wildman–Crippen LogP) is 4.56. The second-order valence-electron chi connectivity index (χ2n) is 6.50. The molecular weight excluding hydrogens is 334 g/mol. The highest BCUT2D eigenvalue weighted by Gasteiger charge is 2.24. The molecule has 0 aliphatic carbocycles. The van der Waals surface area contributed by atoms with Gasteiger partial charge in [0.25, 0.3) is 0 Å². The van der Waals surface area contributed by atoms with Gasteiger partial charge in [-0.25, -0.2) is 0 Å². The molecule has 4 heteroatoms. The summed E-state index contributed by atoms with van der Waals surface area (Å²) in [5.41, 5.74) is 2.30. The number of hydrogen-bond donors (Lipinski definition) is 0. The molecule has 2 aromatic carbocycles. The Hall–Kier alpha value is -1.39. The van der Waals surface area contributed by atoms with Crippen molar-refractivity contribution in [3.63, 3.8) is 0 Å². The van der Waals surface area contributed by atoms with E-state index in [2.05, 4.69) is 29.2 Å². The quantitative estimate of drug-likeness (QED) is 0.689. The molecule has 0 saturated carbocycles. The van der Waals surface area contributed by atoms with Gasteiger partial charge in [0.1, 0.15) is 6.10 Å². The van der Waals surface area contributed by atoms with Gasteiger partial charge >= 0.3 is 0 Å². The minimum Gasteiger partial charge on any atom is -0.383 e. The first-order chi connectivity index (χ1) is 12.3. The van der Waals surface area contributed by atoms with E-state index in [1.54, 1.807) is 7.11 Å². The molecule has 0 bridgehead atoms. The highest BCUT2D eigenvalue weighted by molar-refractivity contribution is 6.30. The van der Waals surface area contributed by atoms with E-state index in [0.29, 0.717) is 12.6 Å². The topological polar surface area (TPSA) is 21.7 Å². The fraction of sp³-hybridized carbons (Fsp3) is 0.429. The van der Waals surface area contributed by atoms with Crippen LogP contribution in [0.1, 0.15) is 30.1 Å². The van der Waals surface area contributed by atoms with Gasteiger partial charge in [0.2, 0.25) is 0 Å². The number of rotatable bonds is 8. The second kappa shape index (κ2) is 9.35. The number of halogens is 1. The number of hydrogen-bond acceptors (Lipinski definition) is 3. The van der Waals surface area contributed by atoms with Gasteiger partial charge < -0.3 is 9.47 Å². The van der Waals surface area contributed by atoms with E-state index < -0.39 is 0 Å². The Morgan fingerprint density at radius 3 is 2.52 bits per heavy atom. The summed E-state index contributed by atoms with van der Waals surface area (Å²) in [6.45, 7) is 3.57. The molecule has 3 rings (SSSR count). The minimum absolute atomic E-state index is 0.0676. The zero-order valence-corrected chi connectivity index (χ0v) is 15.5. The van der Waals surface area contributed by atoms with Gasteiger partial charge in [-0.05, 0) is 42.6 Å². The smallest absolute Gasteiger partial charge is 0.108 e. The van der Waals surface area contributed by atoms with Crippen LogP contribution in [-0.2, 0) is 9.47 Å². The summed E-state index contributed by atoms with van der Waals surface area (Å²) in [5, 5.41) is 0.745. The van der Waals surface area contributed by atoms with Crippen LogP contribution in [0.2, 0.25) is 5.02 Å². The molecule has 1 heterocycles. The zero-order chi connectivity index (χ0) is 17.5. The van der Waals surface area contributed by atoms with Crippen LogP contribution in [0, 0.1) is 0 Å². The van der Waals surface area contributed by atoms with Gasteiger partial charge in [-0.2, -0.15) is 0 Å². The monoisotopic (exact) mass is 359 g/mol. The van der Waals surface area contributed by atoms with Gasteiger partial charge in [0.05, 0.1) is 13.2 Å². The lowest BCUT2D eigenvalue weighted by molar-refractivity contribution is 0.0451. The molecule has 3 nitrogen and oxygen atoms in total. The van der Waals surface area contributed by atoms with E-state index in [0.717, 1.165) is 30.3 Å². The van der Waals surface area contributed by atoms with Gasteiger partial charge in [-0.3, -0.25) is 4.90 Å². The number of ether oxygens (including phenoxy) is 2. The summed E-state index contributed by atoms with van der Waals surface area (Å²) in [6, 6.07) is 18.8. The third-order valence-electron chi connectivity index (χ3n) is 4.80. The van der Waals surface area contributed by atoms with Gasteiger partial charge in [-0.1, -0.05) is 54.1 Å². The Balaban J connectivity index is 1.65. The molecule has 1 aliphatic heterocycles. The standard InChI is InChI=1S/C21H26ClNO2/c1-24-16-20-8-5-13-23(20)14-15-25-21(17-6-3-2-4-7-17)18-9-11-19(22)12-10-18/h2-4,6-7,9-12,20-21H,5,8,13-16H2,1H3/t20-,21?/m1/s1. The largest absolute Gasteiger partial charge is 0.383 e. The van der Waals surface area contributed by atoms with Crippen molar-refractivity contribution in [3.05, 3.63) is 70.7 Å². The average molecular weight is 360 g/mol.